The predicted molar refractivity (Wildman–Crippen MR) is 83.9 cm³/mol. The molecule has 0 bridgehead atoms. The van der Waals surface area contributed by atoms with Gasteiger partial charge in [-0.3, -0.25) is 15.0 Å². The Morgan fingerprint density at radius 1 is 1.29 bits per heavy atom. The molecule has 118 valence electrons. The van der Waals surface area contributed by atoms with Gasteiger partial charge in [0.15, 0.2) is 0 Å². The van der Waals surface area contributed by atoms with Gasteiger partial charge < -0.3 is 5.32 Å². The highest BCUT2D eigenvalue weighted by Gasteiger charge is 2.22. The Balaban J connectivity index is 2.82. The summed E-state index contributed by atoms with van der Waals surface area (Å²) < 4.78 is 0. The summed E-state index contributed by atoms with van der Waals surface area (Å²) in [6.45, 7) is 11.3. The second-order valence-electron chi connectivity index (χ2n) is 5.38. The molecule has 0 amide bonds. The quantitative estimate of drug-likeness (QED) is 0.473. The summed E-state index contributed by atoms with van der Waals surface area (Å²) in [5.41, 5.74) is 0.132. The minimum absolute atomic E-state index is 0.00479. The van der Waals surface area contributed by atoms with E-state index in [-0.39, 0.29) is 22.5 Å². The van der Waals surface area contributed by atoms with E-state index >= 15 is 0 Å². The monoisotopic (exact) mass is 315 g/mol. The van der Waals surface area contributed by atoms with Gasteiger partial charge >= 0.3 is 5.69 Å². The van der Waals surface area contributed by atoms with Crippen LogP contribution in [0, 0.1) is 17.0 Å². The molecule has 21 heavy (non-hydrogen) atoms. The molecule has 0 aromatic carbocycles. The molecule has 0 fully saturated rings. The number of aromatic nitrogens is 2. The first-order chi connectivity index (χ1) is 9.73. The Labute approximate surface area is 129 Å². The second kappa shape index (κ2) is 7.51. The van der Waals surface area contributed by atoms with Gasteiger partial charge in [-0.1, -0.05) is 0 Å². The topological polar surface area (TPSA) is 84.2 Å². The van der Waals surface area contributed by atoms with E-state index in [4.69, 9.17) is 11.6 Å². The van der Waals surface area contributed by atoms with E-state index in [1.165, 1.54) is 0 Å². The fraction of sp³-hybridized carbons (Fsp3) is 0.692. The number of aryl methyl sites for hydroxylation is 1. The zero-order chi connectivity index (χ0) is 16.2. The lowest BCUT2D eigenvalue weighted by atomic mass is 10.2. The number of hydrogen-bond acceptors (Lipinski definition) is 6. The van der Waals surface area contributed by atoms with Gasteiger partial charge in [-0.25, -0.2) is 4.98 Å². The Morgan fingerprint density at radius 2 is 1.86 bits per heavy atom. The first-order valence-electron chi connectivity index (χ1n) is 6.92. The maximum absolute atomic E-state index is 11.1. The van der Waals surface area contributed by atoms with E-state index in [1.54, 1.807) is 6.92 Å². The van der Waals surface area contributed by atoms with Crippen LogP contribution in [-0.2, 0) is 0 Å². The molecule has 7 nitrogen and oxygen atoms in total. The Bertz CT molecular complexity index is 500. The van der Waals surface area contributed by atoms with E-state index < -0.39 is 4.92 Å². The van der Waals surface area contributed by atoms with Gasteiger partial charge in [0.1, 0.15) is 5.69 Å². The van der Waals surface area contributed by atoms with Crippen LogP contribution in [0.15, 0.2) is 0 Å². The van der Waals surface area contributed by atoms with Crippen molar-refractivity contribution in [2.45, 2.75) is 46.7 Å². The summed E-state index contributed by atoms with van der Waals surface area (Å²) in [5.74, 6) is 0.171. The molecule has 0 unspecified atom stereocenters. The standard InChI is InChI=1S/C13H22ClN5O2/c1-8(2)18(9(3)4)7-6-15-12-11(19(20)21)10(5)16-13(14)17-12/h8-9H,6-7H2,1-5H3,(H,15,16,17). The summed E-state index contributed by atoms with van der Waals surface area (Å²) in [5, 5.41) is 14.1. The number of nitrogens with one attached hydrogen (secondary N) is 1. The number of nitro groups is 1. The Morgan fingerprint density at radius 3 is 2.33 bits per heavy atom. The first kappa shape index (κ1) is 17.6. The lowest BCUT2D eigenvalue weighted by molar-refractivity contribution is -0.385. The normalized spacial score (nSPS) is 11.5. The number of halogens is 1. The molecule has 0 aliphatic rings. The first-order valence-corrected chi connectivity index (χ1v) is 7.30. The van der Waals surface area contributed by atoms with Crippen molar-refractivity contribution >= 4 is 23.1 Å². The molecule has 1 aromatic rings. The molecule has 0 aliphatic carbocycles. The van der Waals surface area contributed by atoms with E-state index in [9.17, 15) is 10.1 Å². The largest absolute Gasteiger partial charge is 0.363 e. The minimum atomic E-state index is -0.489. The molecule has 0 aliphatic heterocycles. The minimum Gasteiger partial charge on any atom is -0.363 e. The number of anilines is 1. The summed E-state index contributed by atoms with van der Waals surface area (Å²) in [4.78, 5) is 20.6. The van der Waals surface area contributed by atoms with Gasteiger partial charge in [-0.2, -0.15) is 4.98 Å². The van der Waals surface area contributed by atoms with Crippen LogP contribution in [0.4, 0.5) is 11.5 Å². The van der Waals surface area contributed by atoms with Crippen LogP contribution in [0.2, 0.25) is 5.28 Å². The molecule has 1 heterocycles. The van der Waals surface area contributed by atoms with Crippen molar-refractivity contribution in [3.05, 3.63) is 21.1 Å². The third-order valence-corrected chi connectivity index (χ3v) is 3.37. The van der Waals surface area contributed by atoms with Gasteiger partial charge in [0.05, 0.1) is 4.92 Å². The van der Waals surface area contributed by atoms with Gasteiger partial charge in [-0.05, 0) is 46.2 Å². The average molecular weight is 316 g/mol. The zero-order valence-electron chi connectivity index (χ0n) is 13.1. The van der Waals surface area contributed by atoms with Crippen LogP contribution in [0.25, 0.3) is 0 Å². The molecular weight excluding hydrogens is 294 g/mol. The smallest absolute Gasteiger partial charge is 0.332 e. The van der Waals surface area contributed by atoms with Crippen LogP contribution in [0.1, 0.15) is 33.4 Å². The SMILES string of the molecule is Cc1nc(Cl)nc(NCCN(C(C)C)C(C)C)c1[N+](=O)[O-]. The van der Waals surface area contributed by atoms with E-state index in [0.29, 0.717) is 18.6 Å². The summed E-state index contributed by atoms with van der Waals surface area (Å²) in [6.07, 6.45) is 0. The van der Waals surface area contributed by atoms with Crippen molar-refractivity contribution < 1.29 is 4.92 Å². The van der Waals surface area contributed by atoms with Gasteiger partial charge in [-0.15, -0.1) is 0 Å². The second-order valence-corrected chi connectivity index (χ2v) is 5.72. The van der Waals surface area contributed by atoms with Crippen LogP contribution < -0.4 is 5.32 Å². The van der Waals surface area contributed by atoms with Crippen LogP contribution in [0.3, 0.4) is 0 Å². The molecule has 1 N–H and O–H groups in total. The molecule has 0 saturated heterocycles. The van der Waals surface area contributed by atoms with Crippen molar-refractivity contribution in [3.8, 4) is 0 Å². The number of hydrogen-bond donors (Lipinski definition) is 1. The molecular formula is C13H22ClN5O2. The molecule has 1 aromatic heterocycles. The Hall–Kier alpha value is -1.47. The number of nitrogens with zero attached hydrogens (tertiary/aromatic N) is 4. The molecule has 1 rings (SSSR count). The third kappa shape index (κ3) is 4.78. The highest BCUT2D eigenvalue weighted by atomic mass is 35.5. The Kier molecular flexibility index (Phi) is 6.29. The average Bonchev–Trinajstić information content (AvgIpc) is 2.31. The van der Waals surface area contributed by atoms with Crippen LogP contribution in [-0.4, -0.2) is 45.0 Å². The van der Waals surface area contributed by atoms with E-state index in [1.807, 2.05) is 0 Å². The van der Waals surface area contributed by atoms with Gasteiger partial charge in [0.2, 0.25) is 11.1 Å². The van der Waals surface area contributed by atoms with E-state index in [2.05, 4.69) is 47.9 Å². The van der Waals surface area contributed by atoms with Crippen LogP contribution in [0.5, 0.6) is 0 Å². The zero-order valence-corrected chi connectivity index (χ0v) is 13.8. The van der Waals surface area contributed by atoms with Crippen LogP contribution >= 0.6 is 11.6 Å². The highest BCUT2D eigenvalue weighted by molar-refractivity contribution is 6.28. The lowest BCUT2D eigenvalue weighted by Crippen LogP contribution is -2.40. The van der Waals surface area contributed by atoms with Crippen molar-refractivity contribution in [1.82, 2.24) is 14.9 Å². The fourth-order valence-corrected chi connectivity index (χ4v) is 2.50. The van der Waals surface area contributed by atoms with E-state index in [0.717, 1.165) is 6.54 Å². The molecule has 8 heteroatoms. The van der Waals surface area contributed by atoms with Crippen molar-refractivity contribution in [1.29, 1.82) is 0 Å². The van der Waals surface area contributed by atoms with Crippen molar-refractivity contribution in [2.24, 2.45) is 0 Å². The molecule has 0 atom stereocenters. The molecule has 0 spiro atoms. The predicted octanol–water partition coefficient (Wildman–Crippen LogP) is 2.88. The highest BCUT2D eigenvalue weighted by Crippen LogP contribution is 2.26. The van der Waals surface area contributed by atoms with Crippen molar-refractivity contribution in [3.63, 3.8) is 0 Å². The van der Waals surface area contributed by atoms with Gasteiger partial charge in [0, 0.05) is 25.2 Å². The summed E-state index contributed by atoms with van der Waals surface area (Å²) >= 11 is 5.77. The van der Waals surface area contributed by atoms with Crippen molar-refractivity contribution in [2.75, 3.05) is 18.4 Å². The molecule has 0 radical (unpaired) electrons. The third-order valence-electron chi connectivity index (χ3n) is 3.20. The van der Waals surface area contributed by atoms with Gasteiger partial charge in [0.25, 0.3) is 0 Å². The fourth-order valence-electron chi connectivity index (χ4n) is 2.29. The molecule has 0 saturated carbocycles. The maximum Gasteiger partial charge on any atom is 0.332 e. The maximum atomic E-state index is 11.1. The number of rotatable bonds is 7. The summed E-state index contributed by atoms with van der Waals surface area (Å²) in [7, 11) is 0. The lowest BCUT2D eigenvalue weighted by Gasteiger charge is -2.30. The summed E-state index contributed by atoms with van der Waals surface area (Å²) in [6, 6.07) is 0.801.